The van der Waals surface area contributed by atoms with Gasteiger partial charge in [0, 0.05) is 18.0 Å². The van der Waals surface area contributed by atoms with Crippen molar-refractivity contribution in [2.24, 2.45) is 11.8 Å². The molecule has 0 radical (unpaired) electrons. The molecule has 0 atom stereocenters. The lowest BCUT2D eigenvalue weighted by atomic mass is 9.78. The minimum atomic E-state index is -0.443. The number of aryl methyl sites for hydroxylation is 1. The molecule has 1 fully saturated rings. The highest BCUT2D eigenvalue weighted by atomic mass is 35.5. The van der Waals surface area contributed by atoms with Crippen molar-refractivity contribution in [1.82, 2.24) is 9.97 Å². The topological polar surface area (TPSA) is 25.8 Å². The Balaban J connectivity index is 1.50. The Morgan fingerprint density at radius 2 is 1.81 bits per heavy atom. The van der Waals surface area contributed by atoms with Crippen LogP contribution in [-0.2, 0) is 6.42 Å². The van der Waals surface area contributed by atoms with E-state index in [9.17, 15) is 4.39 Å². The van der Waals surface area contributed by atoms with Crippen molar-refractivity contribution in [2.45, 2.75) is 51.9 Å². The van der Waals surface area contributed by atoms with Crippen molar-refractivity contribution in [1.29, 1.82) is 0 Å². The summed E-state index contributed by atoms with van der Waals surface area (Å²) in [6.45, 7) is 2.10. The Kier molecular flexibility index (Phi) is 6.79. The van der Waals surface area contributed by atoms with Crippen LogP contribution in [0.15, 0.2) is 42.7 Å². The lowest BCUT2D eigenvalue weighted by molar-refractivity contribution is 0.265. The van der Waals surface area contributed by atoms with E-state index in [4.69, 9.17) is 11.6 Å². The zero-order chi connectivity index (χ0) is 18.4. The fourth-order valence-corrected chi connectivity index (χ4v) is 3.84. The SMILES string of the molecule is C/C=C/CC1CCC(CCc2cnc(-c3ccc(Cl)c(F)c3)nc2)CC1. The van der Waals surface area contributed by atoms with Crippen LogP contribution in [0.25, 0.3) is 11.4 Å². The molecule has 0 spiro atoms. The molecule has 0 aliphatic heterocycles. The van der Waals surface area contributed by atoms with E-state index in [0.717, 1.165) is 23.8 Å². The molecule has 1 aliphatic carbocycles. The predicted molar refractivity (Wildman–Crippen MR) is 106 cm³/mol. The smallest absolute Gasteiger partial charge is 0.159 e. The molecule has 1 aromatic heterocycles. The van der Waals surface area contributed by atoms with Crippen LogP contribution in [0.5, 0.6) is 0 Å². The molecule has 1 heterocycles. The standard InChI is InChI=1S/C22H26ClFN2/c1-2-3-4-16-5-7-17(8-6-16)9-10-18-14-25-22(26-15-18)19-11-12-20(23)21(24)13-19/h2-3,11-17H,4-10H2,1H3/b3-2+. The molecule has 0 unspecified atom stereocenters. The number of nitrogens with zero attached hydrogens (tertiary/aromatic N) is 2. The highest BCUT2D eigenvalue weighted by molar-refractivity contribution is 6.30. The van der Waals surface area contributed by atoms with Crippen molar-refractivity contribution >= 4 is 11.6 Å². The van der Waals surface area contributed by atoms with E-state index in [1.54, 1.807) is 6.07 Å². The average molecular weight is 373 g/mol. The van der Waals surface area contributed by atoms with Gasteiger partial charge in [0.15, 0.2) is 5.82 Å². The van der Waals surface area contributed by atoms with Crippen LogP contribution in [-0.4, -0.2) is 9.97 Å². The van der Waals surface area contributed by atoms with E-state index in [1.165, 1.54) is 50.7 Å². The fourth-order valence-electron chi connectivity index (χ4n) is 3.72. The third-order valence-corrected chi connectivity index (χ3v) is 5.70. The first-order valence-electron chi connectivity index (χ1n) is 9.53. The Hall–Kier alpha value is -1.74. The molecule has 3 rings (SSSR count). The second-order valence-corrected chi connectivity index (χ2v) is 7.68. The number of allylic oxidation sites excluding steroid dienone is 2. The third-order valence-electron chi connectivity index (χ3n) is 5.40. The van der Waals surface area contributed by atoms with E-state index in [1.807, 2.05) is 12.4 Å². The zero-order valence-corrected chi connectivity index (χ0v) is 16.1. The molecular weight excluding hydrogens is 347 g/mol. The molecule has 0 amide bonds. The lowest BCUT2D eigenvalue weighted by Crippen LogP contribution is -2.14. The van der Waals surface area contributed by atoms with Crippen LogP contribution >= 0.6 is 11.6 Å². The summed E-state index contributed by atoms with van der Waals surface area (Å²) in [4.78, 5) is 8.80. The van der Waals surface area contributed by atoms with Gasteiger partial charge in [0.1, 0.15) is 5.82 Å². The first-order valence-corrected chi connectivity index (χ1v) is 9.91. The second-order valence-electron chi connectivity index (χ2n) is 7.27. The van der Waals surface area contributed by atoms with Crippen LogP contribution in [0.4, 0.5) is 4.39 Å². The molecule has 2 nitrogen and oxygen atoms in total. The summed E-state index contributed by atoms with van der Waals surface area (Å²) in [5, 5.41) is 0.116. The second kappa shape index (κ2) is 9.27. The number of benzene rings is 1. The van der Waals surface area contributed by atoms with Crippen molar-refractivity contribution < 1.29 is 4.39 Å². The van der Waals surface area contributed by atoms with Crippen molar-refractivity contribution in [3.8, 4) is 11.4 Å². The Morgan fingerprint density at radius 3 is 2.46 bits per heavy atom. The van der Waals surface area contributed by atoms with Crippen LogP contribution in [0.3, 0.4) is 0 Å². The van der Waals surface area contributed by atoms with Gasteiger partial charge in [0.25, 0.3) is 0 Å². The van der Waals surface area contributed by atoms with Gasteiger partial charge in [0.2, 0.25) is 0 Å². The van der Waals surface area contributed by atoms with Gasteiger partial charge in [-0.25, -0.2) is 14.4 Å². The minimum absolute atomic E-state index is 0.116. The maximum atomic E-state index is 13.6. The average Bonchev–Trinajstić information content (AvgIpc) is 2.68. The Morgan fingerprint density at radius 1 is 1.12 bits per heavy atom. The first kappa shape index (κ1) is 19.0. The largest absolute Gasteiger partial charge is 0.236 e. The summed E-state index contributed by atoms with van der Waals surface area (Å²) in [5.41, 5.74) is 1.80. The van der Waals surface area contributed by atoms with Gasteiger partial charge in [-0.15, -0.1) is 0 Å². The first-order chi connectivity index (χ1) is 12.7. The van der Waals surface area contributed by atoms with E-state index in [-0.39, 0.29) is 5.02 Å². The highest BCUT2D eigenvalue weighted by Crippen LogP contribution is 2.33. The van der Waals surface area contributed by atoms with E-state index < -0.39 is 5.82 Å². The van der Waals surface area contributed by atoms with E-state index in [0.29, 0.717) is 11.4 Å². The van der Waals surface area contributed by atoms with Crippen LogP contribution in [0, 0.1) is 17.7 Å². The maximum Gasteiger partial charge on any atom is 0.159 e. The normalized spacial score (nSPS) is 20.6. The summed E-state index contributed by atoms with van der Waals surface area (Å²) in [6, 6.07) is 4.66. The third kappa shape index (κ3) is 5.14. The number of rotatable bonds is 6. The highest BCUT2D eigenvalue weighted by Gasteiger charge is 2.20. The summed E-state index contributed by atoms with van der Waals surface area (Å²) >= 11 is 5.72. The molecule has 0 saturated heterocycles. The van der Waals surface area contributed by atoms with Gasteiger partial charge in [-0.2, -0.15) is 0 Å². The molecule has 26 heavy (non-hydrogen) atoms. The summed E-state index contributed by atoms with van der Waals surface area (Å²) in [7, 11) is 0. The Bertz CT molecular complexity index is 734. The summed E-state index contributed by atoms with van der Waals surface area (Å²) in [5.74, 6) is 1.79. The van der Waals surface area contributed by atoms with Crippen LogP contribution < -0.4 is 0 Å². The lowest BCUT2D eigenvalue weighted by Gasteiger charge is -2.27. The molecule has 4 heteroatoms. The van der Waals surface area contributed by atoms with E-state index >= 15 is 0 Å². The van der Waals surface area contributed by atoms with Crippen molar-refractivity contribution in [2.75, 3.05) is 0 Å². The van der Waals surface area contributed by atoms with Crippen LogP contribution in [0.2, 0.25) is 5.02 Å². The molecule has 1 aromatic carbocycles. The van der Waals surface area contributed by atoms with Crippen molar-refractivity contribution in [3.63, 3.8) is 0 Å². The fraction of sp³-hybridized carbons (Fsp3) is 0.455. The molecular formula is C22H26ClFN2. The van der Waals surface area contributed by atoms with Gasteiger partial charge in [-0.1, -0.05) is 36.6 Å². The molecule has 0 N–H and O–H groups in total. The van der Waals surface area contributed by atoms with E-state index in [2.05, 4.69) is 29.0 Å². The van der Waals surface area contributed by atoms with Gasteiger partial charge in [-0.05, 0) is 74.6 Å². The van der Waals surface area contributed by atoms with Crippen LogP contribution in [0.1, 0.15) is 51.0 Å². The molecule has 1 aliphatic rings. The minimum Gasteiger partial charge on any atom is -0.236 e. The number of hydrogen-bond donors (Lipinski definition) is 0. The Labute approximate surface area is 160 Å². The number of halogens is 2. The monoisotopic (exact) mass is 372 g/mol. The quantitative estimate of drug-likeness (QED) is 0.531. The zero-order valence-electron chi connectivity index (χ0n) is 15.3. The molecule has 138 valence electrons. The predicted octanol–water partition coefficient (Wildman–Crippen LogP) is 6.64. The summed E-state index contributed by atoms with van der Waals surface area (Å²) in [6.07, 6.45) is 17.0. The maximum absolute atomic E-state index is 13.6. The van der Waals surface area contributed by atoms with Gasteiger partial charge in [0.05, 0.1) is 5.02 Å². The van der Waals surface area contributed by atoms with Crippen molar-refractivity contribution in [3.05, 3.63) is 59.1 Å². The molecule has 0 bridgehead atoms. The molecule has 1 saturated carbocycles. The molecule has 2 aromatic rings. The van der Waals surface area contributed by atoms with Gasteiger partial charge < -0.3 is 0 Å². The van der Waals surface area contributed by atoms with Gasteiger partial charge in [-0.3, -0.25) is 0 Å². The summed E-state index contributed by atoms with van der Waals surface area (Å²) < 4.78 is 13.6. The number of aromatic nitrogens is 2. The number of hydrogen-bond acceptors (Lipinski definition) is 2. The van der Waals surface area contributed by atoms with Gasteiger partial charge >= 0.3 is 0 Å².